The summed E-state index contributed by atoms with van der Waals surface area (Å²) in [6.07, 6.45) is 5.60. The zero-order valence-corrected chi connectivity index (χ0v) is 18.3. The van der Waals surface area contributed by atoms with Crippen LogP contribution in [0.25, 0.3) is 33.4 Å². The van der Waals surface area contributed by atoms with Crippen LogP contribution in [-0.2, 0) is 17.8 Å². The number of carbonyl (C=O) groups is 2. The third-order valence-corrected chi connectivity index (χ3v) is 5.81. The fourth-order valence-electron chi connectivity index (χ4n) is 4.32. The number of benzene rings is 1. The van der Waals surface area contributed by atoms with Crippen molar-refractivity contribution >= 4 is 22.7 Å². The first-order chi connectivity index (χ1) is 16.1. The molecule has 2 N–H and O–H groups in total. The van der Waals surface area contributed by atoms with Gasteiger partial charge in [0.1, 0.15) is 5.69 Å². The quantitative estimate of drug-likeness (QED) is 0.449. The van der Waals surface area contributed by atoms with E-state index in [1.165, 1.54) is 12.6 Å². The average molecular weight is 441 g/mol. The first-order valence-corrected chi connectivity index (χ1v) is 11.0. The van der Waals surface area contributed by atoms with Crippen LogP contribution in [0.1, 0.15) is 29.4 Å². The van der Waals surface area contributed by atoms with E-state index in [-0.39, 0.29) is 11.8 Å². The van der Waals surface area contributed by atoms with Crippen molar-refractivity contribution in [2.45, 2.75) is 26.3 Å². The molecule has 5 rings (SSSR count). The van der Waals surface area contributed by atoms with Crippen LogP contribution in [0.2, 0.25) is 0 Å². The molecule has 0 fully saturated rings. The predicted octanol–water partition coefficient (Wildman–Crippen LogP) is 2.97. The molecule has 0 bridgehead atoms. The van der Waals surface area contributed by atoms with E-state index in [1.807, 2.05) is 36.4 Å². The number of carbonyl (C=O) groups excluding carboxylic acids is 2. The summed E-state index contributed by atoms with van der Waals surface area (Å²) in [6.45, 7) is 3.10. The molecule has 0 saturated carbocycles. The second-order valence-electron chi connectivity index (χ2n) is 8.04. The first-order valence-electron chi connectivity index (χ1n) is 11.0. The third kappa shape index (κ3) is 4.07. The smallest absolute Gasteiger partial charge is 0.251 e. The highest BCUT2D eigenvalue weighted by molar-refractivity contribution is 6.03. The number of hydrogen-bond donors (Lipinski definition) is 2. The molecule has 0 spiro atoms. The minimum atomic E-state index is -0.199. The maximum Gasteiger partial charge on any atom is 0.251 e. The Morgan fingerprint density at radius 1 is 1.03 bits per heavy atom. The van der Waals surface area contributed by atoms with Gasteiger partial charge in [-0.1, -0.05) is 12.1 Å². The summed E-state index contributed by atoms with van der Waals surface area (Å²) >= 11 is 0. The zero-order valence-electron chi connectivity index (χ0n) is 18.3. The largest absolute Gasteiger partial charge is 0.355 e. The molecule has 166 valence electrons. The highest BCUT2D eigenvalue weighted by Crippen LogP contribution is 2.39. The molecule has 1 aliphatic heterocycles. The lowest BCUT2D eigenvalue weighted by Crippen LogP contribution is -2.33. The van der Waals surface area contributed by atoms with Crippen molar-refractivity contribution < 1.29 is 9.59 Å². The highest BCUT2D eigenvalue weighted by atomic mass is 16.2. The zero-order chi connectivity index (χ0) is 22.8. The molecule has 8 heteroatoms. The van der Waals surface area contributed by atoms with Gasteiger partial charge >= 0.3 is 0 Å². The fraction of sp³-hybridized carbons (Fsp3) is 0.240. The van der Waals surface area contributed by atoms with Crippen molar-refractivity contribution in [1.29, 1.82) is 0 Å². The summed E-state index contributed by atoms with van der Waals surface area (Å²) in [6, 6.07) is 13.4. The van der Waals surface area contributed by atoms with E-state index in [0.717, 1.165) is 52.8 Å². The summed E-state index contributed by atoms with van der Waals surface area (Å²) in [5.74, 6) is -0.321. The lowest BCUT2D eigenvalue weighted by atomic mass is 9.96. The molecule has 0 radical (unpaired) electrons. The Labute approximate surface area is 191 Å². The molecule has 33 heavy (non-hydrogen) atoms. The molecule has 0 saturated heterocycles. The highest BCUT2D eigenvalue weighted by Gasteiger charge is 2.25. The van der Waals surface area contributed by atoms with Crippen molar-refractivity contribution in [3.05, 3.63) is 66.1 Å². The minimum Gasteiger partial charge on any atom is -0.355 e. The van der Waals surface area contributed by atoms with Crippen LogP contribution in [0.3, 0.4) is 0 Å². The van der Waals surface area contributed by atoms with Gasteiger partial charge in [0.25, 0.3) is 5.91 Å². The van der Waals surface area contributed by atoms with E-state index < -0.39 is 0 Å². The topological polar surface area (TPSA) is 102 Å². The van der Waals surface area contributed by atoms with Crippen molar-refractivity contribution in [3.63, 3.8) is 0 Å². The molecule has 0 aliphatic carbocycles. The molecule has 3 aromatic heterocycles. The molecular formula is C25H24N6O2. The first kappa shape index (κ1) is 20.8. The predicted molar refractivity (Wildman–Crippen MR) is 126 cm³/mol. The second-order valence-corrected chi connectivity index (χ2v) is 8.04. The molecular weight excluding hydrogens is 416 g/mol. The number of nitrogens with one attached hydrogen (secondary N) is 2. The van der Waals surface area contributed by atoms with E-state index in [9.17, 15) is 9.59 Å². The maximum absolute atomic E-state index is 12.6. The normalized spacial score (nSPS) is 12.5. The van der Waals surface area contributed by atoms with Crippen LogP contribution in [0.4, 0.5) is 0 Å². The minimum absolute atomic E-state index is 0.122. The monoisotopic (exact) mass is 440 g/mol. The van der Waals surface area contributed by atoms with E-state index in [2.05, 4.69) is 25.3 Å². The molecule has 1 aromatic carbocycles. The number of hydrogen-bond acceptors (Lipinski definition) is 5. The van der Waals surface area contributed by atoms with Crippen LogP contribution in [0.5, 0.6) is 0 Å². The number of amides is 2. The Kier molecular flexibility index (Phi) is 5.56. The fourth-order valence-corrected chi connectivity index (χ4v) is 4.32. The molecule has 1 aliphatic rings. The van der Waals surface area contributed by atoms with Gasteiger partial charge in [0.05, 0.1) is 11.2 Å². The van der Waals surface area contributed by atoms with Crippen LogP contribution < -0.4 is 10.6 Å². The molecule has 0 atom stereocenters. The Bertz CT molecular complexity index is 1350. The van der Waals surface area contributed by atoms with Gasteiger partial charge in [-0.2, -0.15) is 5.10 Å². The van der Waals surface area contributed by atoms with E-state index in [4.69, 9.17) is 5.10 Å². The maximum atomic E-state index is 12.6. The molecule has 4 heterocycles. The van der Waals surface area contributed by atoms with Gasteiger partial charge in [-0.25, -0.2) is 0 Å². The molecule has 0 unspecified atom stereocenters. The number of aromatic nitrogens is 4. The van der Waals surface area contributed by atoms with Gasteiger partial charge in [-0.05, 0) is 48.7 Å². The summed E-state index contributed by atoms with van der Waals surface area (Å²) < 4.78 is 2.09. The van der Waals surface area contributed by atoms with Gasteiger partial charge in [0.15, 0.2) is 0 Å². The number of nitrogens with zero attached hydrogens (tertiary/aromatic N) is 4. The van der Waals surface area contributed by atoms with Crippen molar-refractivity contribution in [2.75, 3.05) is 13.1 Å². The summed E-state index contributed by atoms with van der Waals surface area (Å²) in [5.41, 5.74) is 6.33. The summed E-state index contributed by atoms with van der Waals surface area (Å²) in [7, 11) is 0. The van der Waals surface area contributed by atoms with Gasteiger partial charge in [0.2, 0.25) is 5.91 Å². The van der Waals surface area contributed by atoms with Crippen LogP contribution in [0.15, 0.2) is 54.9 Å². The molecule has 4 aromatic rings. The van der Waals surface area contributed by atoms with Gasteiger partial charge in [-0.3, -0.25) is 24.2 Å². The second kappa shape index (κ2) is 8.82. The van der Waals surface area contributed by atoms with Crippen molar-refractivity contribution in [1.82, 2.24) is 30.4 Å². The molecule has 8 nitrogen and oxygen atoms in total. The Balaban J connectivity index is 1.52. The van der Waals surface area contributed by atoms with Gasteiger partial charge in [-0.15, -0.1) is 0 Å². The van der Waals surface area contributed by atoms with Crippen LogP contribution in [0, 0.1) is 0 Å². The van der Waals surface area contributed by atoms with Crippen LogP contribution in [-0.4, -0.2) is 44.7 Å². The van der Waals surface area contributed by atoms with Crippen LogP contribution >= 0.6 is 0 Å². The average Bonchev–Trinajstić information content (AvgIpc) is 3.43. The lowest BCUT2D eigenvalue weighted by Gasteiger charge is -2.10. The van der Waals surface area contributed by atoms with E-state index in [1.54, 1.807) is 18.5 Å². The Morgan fingerprint density at radius 2 is 1.91 bits per heavy atom. The number of aryl methyl sites for hydroxylation is 1. The summed E-state index contributed by atoms with van der Waals surface area (Å²) in [5, 5.41) is 11.3. The Morgan fingerprint density at radius 3 is 2.73 bits per heavy atom. The third-order valence-electron chi connectivity index (χ3n) is 5.81. The van der Waals surface area contributed by atoms with Gasteiger partial charge < -0.3 is 10.6 Å². The van der Waals surface area contributed by atoms with Crippen molar-refractivity contribution in [3.8, 4) is 22.5 Å². The molecule has 2 amide bonds. The number of rotatable bonds is 6. The van der Waals surface area contributed by atoms with Gasteiger partial charge in [0, 0.05) is 61.2 Å². The SMILES string of the molecule is CC(=O)NCCNC(=O)c1ccc2c(-c3c(-c4ccccn4)nn4c3CCC4)ccnc2c1. The van der Waals surface area contributed by atoms with E-state index in [0.29, 0.717) is 18.7 Å². The summed E-state index contributed by atoms with van der Waals surface area (Å²) in [4.78, 5) is 32.6. The van der Waals surface area contributed by atoms with E-state index >= 15 is 0 Å². The lowest BCUT2D eigenvalue weighted by molar-refractivity contribution is -0.118. The standard InChI is InChI=1S/C25H24N6O2/c1-16(32)26-12-13-29-25(33)17-7-8-18-19(9-11-28-21(18)15-17)23-22-6-4-14-31(22)30-24(23)20-5-2-3-10-27-20/h2-3,5,7-11,15H,4,6,12-14H2,1H3,(H,26,32)(H,29,33). The number of pyridine rings is 2. The van der Waals surface area contributed by atoms with Crippen molar-refractivity contribution in [2.24, 2.45) is 0 Å². The Hall–Kier alpha value is -4.07. The number of fused-ring (bicyclic) bond motifs is 2.